The van der Waals surface area contributed by atoms with E-state index in [1.165, 1.54) is 0 Å². The van der Waals surface area contributed by atoms with Crippen molar-refractivity contribution in [2.75, 3.05) is 20.0 Å². The number of hydrogen-bond donors (Lipinski definition) is 0. The molecule has 0 fully saturated rings. The van der Waals surface area contributed by atoms with Crippen LogP contribution >= 0.6 is 7.92 Å². The molecule has 0 atom stereocenters. The molecule has 0 unspecified atom stereocenters. The SMILES string of the molecule is C[PH2](C)C. The summed E-state index contributed by atoms with van der Waals surface area (Å²) in [5, 5.41) is 0. The summed E-state index contributed by atoms with van der Waals surface area (Å²) in [5.41, 5.74) is 0. The summed E-state index contributed by atoms with van der Waals surface area (Å²) in [6.45, 7) is 6.92. The molecular formula is C3H11P. The van der Waals surface area contributed by atoms with Crippen molar-refractivity contribution < 1.29 is 0 Å². The first-order chi connectivity index (χ1) is 1.73. The molecular weight excluding hydrogens is 67.0 g/mol. The molecule has 0 rings (SSSR count). The molecule has 0 radical (unpaired) electrons. The second-order valence-corrected chi connectivity index (χ2v) is 5.20. The minimum atomic E-state index is -0.139. The Balaban J connectivity index is 2.32. The van der Waals surface area contributed by atoms with Crippen molar-refractivity contribution in [2.45, 2.75) is 0 Å². The van der Waals surface area contributed by atoms with E-state index in [4.69, 9.17) is 0 Å². The van der Waals surface area contributed by atoms with Crippen molar-refractivity contribution in [3.05, 3.63) is 0 Å². The Labute approximate surface area is 29.0 Å². The van der Waals surface area contributed by atoms with Crippen molar-refractivity contribution in [1.29, 1.82) is 0 Å². The molecule has 0 aromatic rings. The van der Waals surface area contributed by atoms with Gasteiger partial charge in [0.1, 0.15) is 0 Å². The first-order valence-electron chi connectivity index (χ1n) is 1.73. The minimum absolute atomic E-state index is 0.139. The first-order valence-corrected chi connectivity index (χ1v) is 5.20. The van der Waals surface area contributed by atoms with Gasteiger partial charge in [-0.2, -0.15) is 0 Å². The fourth-order valence-corrected chi connectivity index (χ4v) is 0. The van der Waals surface area contributed by atoms with Crippen LogP contribution in [0.15, 0.2) is 0 Å². The van der Waals surface area contributed by atoms with Gasteiger partial charge in [-0.15, -0.1) is 0 Å². The van der Waals surface area contributed by atoms with Gasteiger partial charge in [-0.1, -0.05) is 0 Å². The van der Waals surface area contributed by atoms with E-state index in [2.05, 4.69) is 20.0 Å². The van der Waals surface area contributed by atoms with Gasteiger partial charge < -0.3 is 0 Å². The summed E-state index contributed by atoms with van der Waals surface area (Å²) in [6, 6.07) is 0. The van der Waals surface area contributed by atoms with Gasteiger partial charge in [-0.25, -0.2) is 0 Å². The van der Waals surface area contributed by atoms with Crippen molar-refractivity contribution in [1.82, 2.24) is 0 Å². The summed E-state index contributed by atoms with van der Waals surface area (Å²) in [7, 11) is -0.139. The van der Waals surface area contributed by atoms with Crippen LogP contribution < -0.4 is 0 Å². The van der Waals surface area contributed by atoms with Crippen LogP contribution in [0.25, 0.3) is 0 Å². The van der Waals surface area contributed by atoms with E-state index in [0.29, 0.717) is 0 Å². The Hall–Kier alpha value is 0.430. The van der Waals surface area contributed by atoms with Gasteiger partial charge in [-0.05, 0) is 0 Å². The van der Waals surface area contributed by atoms with Crippen molar-refractivity contribution in [3.8, 4) is 0 Å². The molecule has 0 N–H and O–H groups in total. The molecule has 1 heteroatoms. The normalized spacial score (nSPS) is 11.2. The molecule has 0 aromatic heterocycles. The molecule has 0 bridgehead atoms. The third-order valence-electron chi connectivity index (χ3n) is 0. The van der Waals surface area contributed by atoms with Gasteiger partial charge in [0, 0.05) is 0 Å². The molecule has 0 nitrogen and oxygen atoms in total. The molecule has 0 aliphatic rings. The molecule has 0 amide bonds. The number of rotatable bonds is 0. The average molecular weight is 78.1 g/mol. The first kappa shape index (κ1) is 4.43. The molecule has 0 saturated heterocycles. The second-order valence-electron chi connectivity index (χ2n) is 1.73. The zero-order valence-electron chi connectivity index (χ0n) is 3.58. The predicted molar refractivity (Wildman–Crippen MR) is 27.5 cm³/mol. The van der Waals surface area contributed by atoms with E-state index in [-0.39, 0.29) is 7.92 Å². The Morgan fingerprint density at radius 2 is 1.00 bits per heavy atom. The third kappa shape index (κ3) is 26.9. The maximum atomic E-state index is 2.31. The Morgan fingerprint density at radius 1 is 1.00 bits per heavy atom. The van der Waals surface area contributed by atoms with E-state index in [1.807, 2.05) is 0 Å². The summed E-state index contributed by atoms with van der Waals surface area (Å²) in [6.07, 6.45) is 0. The Kier molecular flexibility index (Phi) is 1.91. The van der Waals surface area contributed by atoms with E-state index < -0.39 is 0 Å². The molecule has 0 saturated carbocycles. The zero-order valence-corrected chi connectivity index (χ0v) is 4.73. The second kappa shape index (κ2) is 1.72. The van der Waals surface area contributed by atoms with Crippen LogP contribution in [0.2, 0.25) is 0 Å². The van der Waals surface area contributed by atoms with Crippen LogP contribution in [0.5, 0.6) is 0 Å². The van der Waals surface area contributed by atoms with Crippen LogP contribution in [0.1, 0.15) is 0 Å². The summed E-state index contributed by atoms with van der Waals surface area (Å²) in [5.74, 6) is 0. The van der Waals surface area contributed by atoms with Crippen molar-refractivity contribution in [3.63, 3.8) is 0 Å². The summed E-state index contributed by atoms with van der Waals surface area (Å²) < 4.78 is 0. The molecule has 0 heterocycles. The molecule has 28 valence electrons. The van der Waals surface area contributed by atoms with Crippen LogP contribution in [0.3, 0.4) is 0 Å². The van der Waals surface area contributed by atoms with Gasteiger partial charge in [0.25, 0.3) is 0 Å². The predicted octanol–water partition coefficient (Wildman–Crippen LogP) is 0.822. The molecule has 4 heavy (non-hydrogen) atoms. The summed E-state index contributed by atoms with van der Waals surface area (Å²) >= 11 is 0. The molecule has 0 aliphatic heterocycles. The fourth-order valence-electron chi connectivity index (χ4n) is 0. The van der Waals surface area contributed by atoms with E-state index >= 15 is 0 Å². The quantitative estimate of drug-likeness (QED) is 0.376. The number of hydrogen-bond acceptors (Lipinski definition) is 0. The third-order valence-corrected chi connectivity index (χ3v) is 0. The standard InChI is InChI=1S/C3H11P/c1-4(2)3/h4H2,1-3H3. The van der Waals surface area contributed by atoms with Gasteiger partial charge in [-0.3, -0.25) is 0 Å². The van der Waals surface area contributed by atoms with Crippen LogP contribution in [-0.2, 0) is 0 Å². The summed E-state index contributed by atoms with van der Waals surface area (Å²) in [4.78, 5) is 0. The van der Waals surface area contributed by atoms with E-state index in [0.717, 1.165) is 0 Å². The maximum absolute atomic E-state index is 2.31. The van der Waals surface area contributed by atoms with Crippen molar-refractivity contribution >= 4 is 7.92 Å². The van der Waals surface area contributed by atoms with Gasteiger partial charge in [0.15, 0.2) is 0 Å². The Morgan fingerprint density at radius 3 is 1.00 bits per heavy atom. The Bertz CT molecular complexity index is 8.00. The molecule has 0 spiro atoms. The van der Waals surface area contributed by atoms with Gasteiger partial charge >= 0.3 is 27.9 Å². The van der Waals surface area contributed by atoms with Crippen LogP contribution in [-0.4, -0.2) is 20.0 Å². The fraction of sp³-hybridized carbons (Fsp3) is 1.00. The zero-order chi connectivity index (χ0) is 3.58. The molecule has 0 aromatic carbocycles. The van der Waals surface area contributed by atoms with Gasteiger partial charge in [0.2, 0.25) is 0 Å². The van der Waals surface area contributed by atoms with Crippen molar-refractivity contribution in [2.24, 2.45) is 0 Å². The van der Waals surface area contributed by atoms with E-state index in [1.54, 1.807) is 0 Å². The van der Waals surface area contributed by atoms with Crippen LogP contribution in [0.4, 0.5) is 0 Å². The van der Waals surface area contributed by atoms with E-state index in [9.17, 15) is 0 Å². The monoisotopic (exact) mass is 78.1 g/mol. The topological polar surface area (TPSA) is 0 Å². The van der Waals surface area contributed by atoms with Crippen LogP contribution in [0, 0.1) is 0 Å². The molecule has 0 aliphatic carbocycles. The van der Waals surface area contributed by atoms with Gasteiger partial charge in [0.05, 0.1) is 0 Å². The average Bonchev–Trinajstić information content (AvgIpc) is 0.811.